The first-order valence-corrected chi connectivity index (χ1v) is 8.66. The summed E-state index contributed by atoms with van der Waals surface area (Å²) in [5.41, 5.74) is 2.67. The molecule has 6 heteroatoms. The van der Waals surface area contributed by atoms with Crippen molar-refractivity contribution in [1.82, 2.24) is 15.1 Å². The van der Waals surface area contributed by atoms with Crippen LogP contribution < -0.4 is 5.32 Å². The Balaban J connectivity index is 1.80. The van der Waals surface area contributed by atoms with Crippen LogP contribution in [0.3, 0.4) is 0 Å². The van der Waals surface area contributed by atoms with E-state index in [1.54, 1.807) is 16.8 Å². The van der Waals surface area contributed by atoms with E-state index in [0.29, 0.717) is 6.61 Å². The number of carbonyl (C=O) groups is 1. The Morgan fingerprint density at radius 3 is 2.64 bits per heavy atom. The van der Waals surface area contributed by atoms with Gasteiger partial charge in [-0.05, 0) is 57.4 Å². The summed E-state index contributed by atoms with van der Waals surface area (Å²) in [6, 6.07) is 7.45. The van der Waals surface area contributed by atoms with Gasteiger partial charge in [0.05, 0.1) is 17.8 Å². The number of aromatic nitrogens is 2. The zero-order chi connectivity index (χ0) is 18.0. The van der Waals surface area contributed by atoms with Gasteiger partial charge in [0, 0.05) is 12.3 Å². The lowest BCUT2D eigenvalue weighted by molar-refractivity contribution is -0.126. The van der Waals surface area contributed by atoms with Crippen molar-refractivity contribution in [2.45, 2.75) is 51.8 Å². The van der Waals surface area contributed by atoms with E-state index in [1.807, 2.05) is 26.8 Å². The minimum atomic E-state index is -0.432. The quantitative estimate of drug-likeness (QED) is 0.905. The van der Waals surface area contributed by atoms with E-state index in [0.717, 1.165) is 29.8 Å². The Kier molecular flexibility index (Phi) is 5.18. The van der Waals surface area contributed by atoms with Gasteiger partial charge in [0.2, 0.25) is 5.91 Å². The Morgan fingerprint density at radius 2 is 2.08 bits per heavy atom. The molecule has 1 aliphatic heterocycles. The van der Waals surface area contributed by atoms with Crippen molar-refractivity contribution >= 4 is 5.91 Å². The lowest BCUT2D eigenvalue weighted by Gasteiger charge is -2.26. The van der Waals surface area contributed by atoms with Crippen LogP contribution in [0, 0.1) is 19.7 Å². The third-order valence-electron chi connectivity index (χ3n) is 4.65. The molecule has 1 amide bonds. The molecular formula is C19H24FN3O2. The summed E-state index contributed by atoms with van der Waals surface area (Å²) in [5.74, 6) is -0.423. The first kappa shape index (κ1) is 17.6. The van der Waals surface area contributed by atoms with E-state index >= 15 is 0 Å². The zero-order valence-corrected chi connectivity index (χ0v) is 14.8. The van der Waals surface area contributed by atoms with Gasteiger partial charge >= 0.3 is 0 Å². The molecule has 1 aromatic carbocycles. The molecule has 3 atom stereocenters. The lowest BCUT2D eigenvalue weighted by Crippen LogP contribution is -2.40. The van der Waals surface area contributed by atoms with Crippen molar-refractivity contribution in [1.29, 1.82) is 0 Å². The van der Waals surface area contributed by atoms with Crippen LogP contribution in [0.15, 0.2) is 30.3 Å². The van der Waals surface area contributed by atoms with E-state index in [2.05, 4.69) is 10.4 Å². The number of hydrogen-bond donors (Lipinski definition) is 1. The number of carbonyl (C=O) groups excluding carboxylic acids is 1. The molecule has 0 spiro atoms. The molecule has 1 aliphatic rings. The molecule has 1 aromatic heterocycles. The number of nitrogens with one attached hydrogen (secondary N) is 1. The maximum Gasteiger partial charge on any atom is 0.245 e. The fourth-order valence-corrected chi connectivity index (χ4v) is 3.35. The summed E-state index contributed by atoms with van der Waals surface area (Å²) in [6.45, 7) is 6.35. The second-order valence-corrected chi connectivity index (χ2v) is 6.64. The highest BCUT2D eigenvalue weighted by Crippen LogP contribution is 2.28. The van der Waals surface area contributed by atoms with Crippen LogP contribution in [-0.4, -0.2) is 28.4 Å². The molecule has 1 saturated heterocycles. The summed E-state index contributed by atoms with van der Waals surface area (Å²) in [5, 5.41) is 7.48. The van der Waals surface area contributed by atoms with Gasteiger partial charge in [0.25, 0.3) is 0 Å². The average Bonchev–Trinajstić information content (AvgIpc) is 3.22. The van der Waals surface area contributed by atoms with Gasteiger partial charge < -0.3 is 10.1 Å². The van der Waals surface area contributed by atoms with Crippen LogP contribution in [-0.2, 0) is 9.53 Å². The molecule has 3 unspecified atom stereocenters. The molecule has 2 aromatic rings. The Bertz CT molecular complexity index is 736. The smallest absolute Gasteiger partial charge is 0.245 e. The fraction of sp³-hybridized carbons (Fsp3) is 0.474. The molecule has 0 bridgehead atoms. The molecule has 0 saturated carbocycles. The van der Waals surface area contributed by atoms with Crippen molar-refractivity contribution in [2.75, 3.05) is 6.61 Å². The largest absolute Gasteiger partial charge is 0.376 e. The minimum Gasteiger partial charge on any atom is -0.376 e. The number of ether oxygens (including phenoxy) is 1. The van der Waals surface area contributed by atoms with Crippen LogP contribution in [0.4, 0.5) is 4.39 Å². The molecule has 0 radical (unpaired) electrons. The Labute approximate surface area is 147 Å². The number of amides is 1. The van der Waals surface area contributed by atoms with Gasteiger partial charge in [0.1, 0.15) is 11.9 Å². The number of aryl methyl sites for hydroxylation is 2. The van der Waals surface area contributed by atoms with Crippen LogP contribution in [0.5, 0.6) is 0 Å². The topological polar surface area (TPSA) is 56.2 Å². The average molecular weight is 345 g/mol. The first-order chi connectivity index (χ1) is 12.0. The third kappa shape index (κ3) is 3.90. The molecule has 0 aliphatic carbocycles. The van der Waals surface area contributed by atoms with Crippen molar-refractivity contribution in [3.05, 3.63) is 53.1 Å². The predicted octanol–water partition coefficient (Wildman–Crippen LogP) is 3.24. The van der Waals surface area contributed by atoms with Crippen LogP contribution in [0.2, 0.25) is 0 Å². The molecule has 1 fully saturated rings. The summed E-state index contributed by atoms with van der Waals surface area (Å²) in [4.78, 5) is 12.8. The van der Waals surface area contributed by atoms with E-state index in [1.165, 1.54) is 12.1 Å². The number of halogens is 1. The van der Waals surface area contributed by atoms with Crippen molar-refractivity contribution in [3.8, 4) is 0 Å². The predicted molar refractivity (Wildman–Crippen MR) is 92.7 cm³/mol. The van der Waals surface area contributed by atoms with Crippen molar-refractivity contribution < 1.29 is 13.9 Å². The molecule has 3 rings (SSSR count). The highest BCUT2D eigenvalue weighted by Gasteiger charge is 2.30. The van der Waals surface area contributed by atoms with E-state index < -0.39 is 6.04 Å². The third-order valence-corrected chi connectivity index (χ3v) is 4.65. The zero-order valence-electron chi connectivity index (χ0n) is 14.8. The molecule has 5 nitrogen and oxygen atoms in total. The summed E-state index contributed by atoms with van der Waals surface area (Å²) < 4.78 is 20.8. The van der Waals surface area contributed by atoms with Crippen LogP contribution in [0.25, 0.3) is 0 Å². The molecule has 2 heterocycles. The normalized spacial score (nSPS) is 19.6. The lowest BCUT2D eigenvalue weighted by atomic mass is 9.99. The van der Waals surface area contributed by atoms with Gasteiger partial charge in [-0.15, -0.1) is 0 Å². The standard InChI is InChI=1S/C19H24FN3O2/c1-12-11-13(2)23(22-12)14(3)19(24)21-18(17-5-4-10-25-17)15-6-8-16(20)9-7-15/h6-9,11,14,17-18H,4-5,10H2,1-3H3,(H,21,24). The Morgan fingerprint density at radius 1 is 1.36 bits per heavy atom. The maximum atomic E-state index is 13.3. The van der Waals surface area contributed by atoms with Crippen molar-refractivity contribution in [2.24, 2.45) is 0 Å². The molecular weight excluding hydrogens is 321 g/mol. The number of rotatable bonds is 5. The van der Waals surface area contributed by atoms with Crippen molar-refractivity contribution in [3.63, 3.8) is 0 Å². The SMILES string of the molecule is Cc1cc(C)n(C(C)C(=O)NC(c2ccc(F)cc2)C2CCCO2)n1. The van der Waals surface area contributed by atoms with Gasteiger partial charge in [-0.2, -0.15) is 5.10 Å². The highest BCUT2D eigenvalue weighted by atomic mass is 19.1. The maximum absolute atomic E-state index is 13.3. The minimum absolute atomic E-state index is 0.0953. The second kappa shape index (κ2) is 7.35. The molecule has 25 heavy (non-hydrogen) atoms. The van der Waals surface area contributed by atoms with E-state index in [4.69, 9.17) is 4.74 Å². The summed E-state index contributed by atoms with van der Waals surface area (Å²) in [6.07, 6.45) is 1.74. The van der Waals surface area contributed by atoms with Crippen LogP contribution >= 0.6 is 0 Å². The second-order valence-electron chi connectivity index (χ2n) is 6.64. The summed E-state index contributed by atoms with van der Waals surface area (Å²) >= 11 is 0. The van der Waals surface area contributed by atoms with Gasteiger partial charge in [-0.25, -0.2) is 4.39 Å². The fourth-order valence-electron chi connectivity index (χ4n) is 3.35. The highest BCUT2D eigenvalue weighted by molar-refractivity contribution is 5.80. The Hall–Kier alpha value is -2.21. The van der Waals surface area contributed by atoms with E-state index in [9.17, 15) is 9.18 Å². The number of benzene rings is 1. The number of nitrogens with zero attached hydrogens (tertiary/aromatic N) is 2. The summed E-state index contributed by atoms with van der Waals surface area (Å²) in [7, 11) is 0. The van der Waals surface area contributed by atoms with Crippen LogP contribution in [0.1, 0.15) is 48.8 Å². The number of hydrogen-bond acceptors (Lipinski definition) is 3. The molecule has 134 valence electrons. The first-order valence-electron chi connectivity index (χ1n) is 8.66. The van der Waals surface area contributed by atoms with Gasteiger partial charge in [0.15, 0.2) is 0 Å². The van der Waals surface area contributed by atoms with Gasteiger partial charge in [-0.3, -0.25) is 9.48 Å². The van der Waals surface area contributed by atoms with E-state index in [-0.39, 0.29) is 23.9 Å². The monoisotopic (exact) mass is 345 g/mol. The molecule has 1 N–H and O–H groups in total. The van der Waals surface area contributed by atoms with Gasteiger partial charge in [-0.1, -0.05) is 12.1 Å².